The zero-order valence-corrected chi connectivity index (χ0v) is 22.8. The van der Waals surface area contributed by atoms with Gasteiger partial charge in [0.2, 0.25) is 0 Å². The summed E-state index contributed by atoms with van der Waals surface area (Å²) < 4.78 is 30.7. The van der Waals surface area contributed by atoms with Crippen molar-refractivity contribution in [3.8, 4) is 11.5 Å². The minimum absolute atomic E-state index is 0.0172. The van der Waals surface area contributed by atoms with Gasteiger partial charge in [0.05, 0.1) is 18.6 Å². The molecule has 0 saturated carbocycles. The number of benzene rings is 1. The third-order valence-corrected chi connectivity index (χ3v) is 4.28. The first-order valence-corrected chi connectivity index (χ1v) is 12.1. The average Bonchev–Trinajstić information content (AvgIpc) is 2.71. The molecule has 0 aliphatic heterocycles. The van der Waals surface area contributed by atoms with Gasteiger partial charge in [-0.15, -0.1) is 0 Å². The lowest BCUT2D eigenvalue weighted by Gasteiger charge is -2.20. The van der Waals surface area contributed by atoms with E-state index in [1.165, 1.54) is 12.1 Å². The molecular formula is C26H39NO10. The van der Waals surface area contributed by atoms with Crippen molar-refractivity contribution in [2.24, 2.45) is 11.1 Å². The van der Waals surface area contributed by atoms with Crippen molar-refractivity contribution in [1.29, 1.82) is 0 Å². The van der Waals surface area contributed by atoms with Gasteiger partial charge in [-0.3, -0.25) is 9.59 Å². The van der Waals surface area contributed by atoms with Crippen LogP contribution in [0.4, 0.5) is 9.59 Å². The van der Waals surface area contributed by atoms with Crippen LogP contribution in [0.2, 0.25) is 0 Å². The molecule has 0 fully saturated rings. The second kappa shape index (κ2) is 14.4. The molecule has 11 nitrogen and oxygen atoms in total. The summed E-state index contributed by atoms with van der Waals surface area (Å²) in [5.41, 5.74) is 6.26. The monoisotopic (exact) mass is 525 g/mol. The van der Waals surface area contributed by atoms with Crippen molar-refractivity contribution in [3.05, 3.63) is 23.8 Å². The molecule has 0 saturated heterocycles. The number of hydrogen-bond acceptors (Lipinski definition) is 11. The molecule has 0 aliphatic rings. The van der Waals surface area contributed by atoms with E-state index in [4.69, 9.17) is 34.2 Å². The van der Waals surface area contributed by atoms with E-state index in [0.717, 1.165) is 0 Å². The number of rotatable bonds is 11. The summed E-state index contributed by atoms with van der Waals surface area (Å²) in [7, 11) is 0. The van der Waals surface area contributed by atoms with Gasteiger partial charge in [-0.1, -0.05) is 26.8 Å². The molecule has 2 atom stereocenters. The largest absolute Gasteiger partial charge is 0.514 e. The molecular weight excluding hydrogens is 486 g/mol. The molecule has 1 aromatic rings. The summed E-state index contributed by atoms with van der Waals surface area (Å²) in [6, 6.07) is 3.25. The highest BCUT2D eigenvalue weighted by Crippen LogP contribution is 2.30. The molecule has 0 aliphatic carbocycles. The minimum Gasteiger partial charge on any atom is -0.461 e. The van der Waals surface area contributed by atoms with Gasteiger partial charge in [-0.2, -0.15) is 0 Å². The molecule has 0 spiro atoms. The van der Waals surface area contributed by atoms with Crippen LogP contribution in [0.5, 0.6) is 11.5 Å². The van der Waals surface area contributed by atoms with E-state index in [2.05, 4.69) is 0 Å². The van der Waals surface area contributed by atoms with Crippen molar-refractivity contribution < 1.29 is 47.6 Å². The minimum atomic E-state index is -1.06. The Kier molecular flexibility index (Phi) is 12.3. The molecule has 2 N–H and O–H groups in total. The lowest BCUT2D eigenvalue weighted by atomic mass is 9.92. The Morgan fingerprint density at radius 1 is 0.838 bits per heavy atom. The van der Waals surface area contributed by atoms with Crippen molar-refractivity contribution in [2.75, 3.05) is 6.61 Å². The Hall–Kier alpha value is -3.34. The summed E-state index contributed by atoms with van der Waals surface area (Å²) in [4.78, 5) is 48.3. The Morgan fingerprint density at radius 3 is 1.89 bits per heavy atom. The third kappa shape index (κ3) is 13.5. The van der Waals surface area contributed by atoms with Gasteiger partial charge in [-0.25, -0.2) is 9.59 Å². The van der Waals surface area contributed by atoms with Crippen LogP contribution in [0.1, 0.15) is 67.4 Å². The first kappa shape index (κ1) is 31.7. The number of ether oxygens (including phenoxy) is 6. The van der Waals surface area contributed by atoms with Crippen LogP contribution < -0.4 is 15.2 Å². The van der Waals surface area contributed by atoms with Crippen molar-refractivity contribution in [1.82, 2.24) is 0 Å². The van der Waals surface area contributed by atoms with E-state index in [0.29, 0.717) is 5.56 Å². The topological polar surface area (TPSA) is 150 Å². The molecule has 0 aromatic heterocycles. The van der Waals surface area contributed by atoms with Crippen LogP contribution in [0, 0.1) is 5.41 Å². The maximum absolute atomic E-state index is 12.4. The van der Waals surface area contributed by atoms with E-state index < -0.39 is 42.6 Å². The summed E-state index contributed by atoms with van der Waals surface area (Å²) in [5, 5.41) is 0. The van der Waals surface area contributed by atoms with E-state index >= 15 is 0 Å². The predicted molar refractivity (Wildman–Crippen MR) is 133 cm³/mol. The zero-order chi connectivity index (χ0) is 28.3. The molecule has 1 rings (SSSR count). The first-order valence-electron chi connectivity index (χ1n) is 12.1. The molecule has 0 bridgehead atoms. The summed E-state index contributed by atoms with van der Waals surface area (Å²) in [5.74, 6) is -1.30. The van der Waals surface area contributed by atoms with Gasteiger partial charge in [0.1, 0.15) is 18.8 Å². The van der Waals surface area contributed by atoms with Gasteiger partial charge >= 0.3 is 24.2 Å². The molecule has 0 radical (unpaired) electrons. The van der Waals surface area contributed by atoms with Crippen LogP contribution in [0.3, 0.4) is 0 Å². The quantitative estimate of drug-likeness (QED) is 0.250. The second-order valence-electron chi connectivity index (χ2n) is 10.3. The predicted octanol–water partition coefficient (Wildman–Crippen LogP) is 4.32. The lowest BCUT2D eigenvalue weighted by Crippen LogP contribution is -2.36. The Labute approximate surface area is 217 Å². The molecule has 11 heteroatoms. The third-order valence-electron chi connectivity index (χ3n) is 4.28. The van der Waals surface area contributed by atoms with Crippen LogP contribution in [-0.2, 0) is 35.0 Å². The van der Waals surface area contributed by atoms with Crippen molar-refractivity contribution in [3.63, 3.8) is 0 Å². The smallest absolute Gasteiger partial charge is 0.461 e. The summed E-state index contributed by atoms with van der Waals surface area (Å²) in [6.07, 6.45) is -3.24. The van der Waals surface area contributed by atoms with Crippen LogP contribution in [-0.4, -0.2) is 55.2 Å². The zero-order valence-electron chi connectivity index (χ0n) is 22.8. The van der Waals surface area contributed by atoms with Crippen molar-refractivity contribution in [2.45, 2.75) is 92.6 Å². The molecule has 0 amide bonds. The Balaban J connectivity index is 2.83. The maximum atomic E-state index is 12.4. The molecule has 0 heterocycles. The number of carbonyl (C=O) groups is 4. The van der Waals surface area contributed by atoms with Crippen LogP contribution in [0.25, 0.3) is 0 Å². The summed E-state index contributed by atoms with van der Waals surface area (Å²) >= 11 is 0. The normalized spacial score (nSPS) is 12.9. The number of carbonyl (C=O) groups excluding carboxylic acids is 4. The maximum Gasteiger partial charge on any atom is 0.514 e. The van der Waals surface area contributed by atoms with E-state index in [1.807, 2.05) is 20.8 Å². The van der Waals surface area contributed by atoms with Gasteiger partial charge < -0.3 is 34.2 Å². The van der Waals surface area contributed by atoms with E-state index in [1.54, 1.807) is 40.7 Å². The highest BCUT2D eigenvalue weighted by atomic mass is 16.7. The number of nitrogens with two attached hydrogens (primary N) is 1. The summed E-state index contributed by atoms with van der Waals surface area (Å²) in [6.45, 7) is 13.8. The van der Waals surface area contributed by atoms with E-state index in [-0.39, 0.29) is 42.3 Å². The molecule has 37 heavy (non-hydrogen) atoms. The van der Waals surface area contributed by atoms with Gasteiger partial charge in [0, 0.05) is 0 Å². The van der Waals surface area contributed by atoms with Gasteiger partial charge in [0.25, 0.3) is 0 Å². The van der Waals surface area contributed by atoms with E-state index in [9.17, 15) is 19.2 Å². The molecule has 0 unspecified atom stereocenters. The van der Waals surface area contributed by atoms with Crippen LogP contribution >= 0.6 is 0 Å². The standard InChI is InChI=1S/C26H39NO10/c1-15(2)33-24(30)36-20-10-9-18(12-21(20)37-25(31)34-16(3)4)11-19(27)23(29)32-14-17(5)35-22(28)13-26(6,7)8/h9-10,12,15-17,19H,11,13-14,27H2,1-8H3/t17-,19-/m0/s1. The fourth-order valence-corrected chi connectivity index (χ4v) is 2.83. The first-order chi connectivity index (χ1) is 17.1. The average molecular weight is 526 g/mol. The second-order valence-corrected chi connectivity index (χ2v) is 10.3. The fourth-order valence-electron chi connectivity index (χ4n) is 2.83. The SMILES string of the molecule is CC(C)OC(=O)Oc1ccc(C[C@H](N)C(=O)OC[C@H](C)OC(=O)CC(C)(C)C)cc1OC(=O)OC(C)C. The Morgan fingerprint density at radius 2 is 1.38 bits per heavy atom. The van der Waals surface area contributed by atoms with Gasteiger partial charge in [-0.05, 0) is 64.2 Å². The Bertz CT molecular complexity index is 936. The van der Waals surface area contributed by atoms with Crippen molar-refractivity contribution >= 4 is 24.2 Å². The lowest BCUT2D eigenvalue weighted by molar-refractivity contribution is -0.160. The molecule has 1 aromatic carbocycles. The highest BCUT2D eigenvalue weighted by Gasteiger charge is 2.23. The number of esters is 2. The highest BCUT2D eigenvalue weighted by molar-refractivity contribution is 5.76. The number of hydrogen-bond donors (Lipinski definition) is 1. The molecule has 208 valence electrons. The van der Waals surface area contributed by atoms with Crippen LogP contribution in [0.15, 0.2) is 18.2 Å². The fraction of sp³-hybridized carbons (Fsp3) is 0.615. The van der Waals surface area contributed by atoms with Gasteiger partial charge in [0.15, 0.2) is 11.5 Å².